The summed E-state index contributed by atoms with van der Waals surface area (Å²) in [4.78, 5) is 12.6. The van der Waals surface area contributed by atoms with Crippen LogP contribution in [0, 0.1) is 6.92 Å². The number of hydrogen-bond donors (Lipinski definition) is 4. The van der Waals surface area contributed by atoms with Crippen molar-refractivity contribution >= 4 is 5.97 Å². The second kappa shape index (κ2) is 9.59. The first-order valence-corrected chi connectivity index (χ1v) is 10.8. The van der Waals surface area contributed by atoms with Crippen LogP contribution >= 0.6 is 0 Å². The number of carbonyl (C=O) groups excluding carboxylic acids is 1. The molecule has 3 aliphatic rings. The van der Waals surface area contributed by atoms with Crippen molar-refractivity contribution < 1.29 is 34.7 Å². The van der Waals surface area contributed by atoms with Crippen molar-refractivity contribution in [3.63, 3.8) is 0 Å². The minimum Gasteiger partial charge on any atom is -0.465 e. The van der Waals surface area contributed by atoms with E-state index in [1.54, 1.807) is 0 Å². The number of fused-ring (bicyclic) bond motifs is 1. The van der Waals surface area contributed by atoms with E-state index in [0.717, 1.165) is 27.8 Å². The van der Waals surface area contributed by atoms with Gasteiger partial charge >= 0.3 is 5.97 Å². The maximum absolute atomic E-state index is 12.6. The average Bonchev–Trinajstić information content (AvgIpc) is 2.98. The maximum Gasteiger partial charge on any atom is 0.338 e. The molecule has 0 amide bonds. The number of carbonyl (C=O) groups is 1. The molecule has 2 aliphatic carbocycles. The van der Waals surface area contributed by atoms with Crippen LogP contribution in [0.4, 0.5) is 0 Å². The highest BCUT2D eigenvalue weighted by Crippen LogP contribution is 2.36. The van der Waals surface area contributed by atoms with E-state index in [2.05, 4.69) is 0 Å². The fourth-order valence-corrected chi connectivity index (χ4v) is 4.52. The summed E-state index contributed by atoms with van der Waals surface area (Å²) < 4.78 is 10.8. The van der Waals surface area contributed by atoms with Gasteiger partial charge in [0.2, 0.25) is 0 Å². The number of ether oxygens (including phenoxy) is 2. The molecule has 0 spiro atoms. The monoisotopic (exact) mass is 452 g/mol. The van der Waals surface area contributed by atoms with Crippen LogP contribution in [0.3, 0.4) is 0 Å². The summed E-state index contributed by atoms with van der Waals surface area (Å²) in [6, 6.07) is 17.2. The van der Waals surface area contributed by atoms with Crippen LogP contribution in [0.15, 0.2) is 54.6 Å². The first-order chi connectivity index (χ1) is 15.8. The molecule has 1 saturated heterocycles. The lowest BCUT2D eigenvalue weighted by Gasteiger charge is -2.40. The molecule has 174 valence electrons. The van der Waals surface area contributed by atoms with E-state index in [-0.39, 0.29) is 0 Å². The highest BCUT2D eigenvalue weighted by molar-refractivity contribution is 6.01. The first-order valence-electron chi connectivity index (χ1n) is 10.8. The third-order valence-corrected chi connectivity index (χ3v) is 6.32. The molecule has 1 aromatic carbocycles. The van der Waals surface area contributed by atoms with Gasteiger partial charge in [-0.15, -0.1) is 0 Å². The fraction of sp³-hybridized carbons (Fsp3) is 0.346. The maximum atomic E-state index is 12.6. The average molecular weight is 453 g/mol. The van der Waals surface area contributed by atoms with Gasteiger partial charge < -0.3 is 29.9 Å². The van der Waals surface area contributed by atoms with Crippen LogP contribution in [-0.4, -0.2) is 64.5 Å². The number of aliphatic hydroxyl groups is 4. The number of hydrogen-bond acceptors (Lipinski definition) is 7. The van der Waals surface area contributed by atoms with Gasteiger partial charge in [-0.1, -0.05) is 48.5 Å². The Morgan fingerprint density at radius 3 is 2.48 bits per heavy atom. The fourth-order valence-electron chi connectivity index (χ4n) is 4.52. The van der Waals surface area contributed by atoms with Gasteiger partial charge in [-0.05, 0) is 52.8 Å². The number of esters is 1. The first kappa shape index (κ1) is 23.4. The standard InChI is InChI=1S/C26H28O7/c1-14-8-9-15(11-19(14)25-24(30)23(29)22(28)20(13-27)33-25)10-17-12-16-6-4-3-5-7-18(16)21(17)26(31)32-2/h3-9,11-12,20,22-25,27-30H,10,13H2,1-2H3/t20-,22-,23+,24+,25+/m1/s1. The minimum absolute atomic E-state index is 0.410. The summed E-state index contributed by atoms with van der Waals surface area (Å²) in [7, 11) is 1.36. The van der Waals surface area contributed by atoms with Gasteiger partial charge in [0, 0.05) is 0 Å². The Balaban J connectivity index is 1.72. The number of aliphatic hydroxyl groups excluding tert-OH is 4. The lowest BCUT2D eigenvalue weighted by molar-refractivity contribution is -0.231. The summed E-state index contributed by atoms with van der Waals surface area (Å²) in [5.41, 5.74) is 5.41. The zero-order valence-corrected chi connectivity index (χ0v) is 18.5. The van der Waals surface area contributed by atoms with Gasteiger partial charge in [0.15, 0.2) is 0 Å². The predicted molar refractivity (Wildman–Crippen MR) is 121 cm³/mol. The molecule has 7 nitrogen and oxygen atoms in total. The van der Waals surface area contributed by atoms with E-state index < -0.39 is 43.1 Å². The third kappa shape index (κ3) is 4.38. The number of rotatable bonds is 5. The van der Waals surface area contributed by atoms with Crippen LogP contribution < -0.4 is 0 Å². The molecule has 0 unspecified atom stereocenters. The second-order valence-electron chi connectivity index (χ2n) is 8.43. The summed E-state index contributed by atoms with van der Waals surface area (Å²) >= 11 is 0. The highest BCUT2D eigenvalue weighted by Gasteiger charge is 2.44. The molecule has 1 aliphatic heterocycles. The van der Waals surface area contributed by atoms with E-state index >= 15 is 0 Å². The van der Waals surface area contributed by atoms with Gasteiger partial charge in [-0.3, -0.25) is 0 Å². The van der Waals surface area contributed by atoms with E-state index in [4.69, 9.17) is 9.47 Å². The van der Waals surface area contributed by atoms with Gasteiger partial charge in [-0.2, -0.15) is 0 Å². The van der Waals surface area contributed by atoms with Gasteiger partial charge in [0.1, 0.15) is 30.5 Å². The molecule has 0 aromatic heterocycles. The largest absolute Gasteiger partial charge is 0.465 e. The Morgan fingerprint density at radius 1 is 1.00 bits per heavy atom. The number of aryl methyl sites for hydroxylation is 1. The van der Waals surface area contributed by atoms with Gasteiger partial charge in [0.05, 0.1) is 19.3 Å². The Labute approximate surface area is 192 Å². The van der Waals surface area contributed by atoms with E-state index in [0.29, 0.717) is 17.5 Å². The molecule has 4 rings (SSSR count). The SMILES string of the molecule is COC(=O)c1c(Cc2ccc(C)c([C@@H]3O[C@H](CO)[C@@H](O)[C@H](O)[C@@H]3O)c2)cc2cccccc1-2. The Bertz CT molecular complexity index is 1110. The van der Waals surface area contributed by atoms with Crippen molar-refractivity contribution in [1.82, 2.24) is 0 Å². The highest BCUT2D eigenvalue weighted by atomic mass is 16.5. The molecule has 0 radical (unpaired) electrons. The van der Waals surface area contributed by atoms with Crippen LogP contribution in [0.25, 0.3) is 11.1 Å². The van der Waals surface area contributed by atoms with Crippen molar-refractivity contribution in [3.05, 3.63) is 82.4 Å². The molecule has 7 heteroatoms. The second-order valence-corrected chi connectivity index (χ2v) is 8.43. The van der Waals surface area contributed by atoms with Crippen molar-refractivity contribution in [1.29, 1.82) is 0 Å². The molecule has 1 fully saturated rings. The topological polar surface area (TPSA) is 116 Å². The van der Waals surface area contributed by atoms with Gasteiger partial charge in [-0.25, -0.2) is 4.79 Å². The van der Waals surface area contributed by atoms with Crippen molar-refractivity contribution in [2.45, 2.75) is 43.9 Å². The van der Waals surface area contributed by atoms with Crippen LogP contribution in [0.2, 0.25) is 0 Å². The molecule has 0 saturated carbocycles. The molecule has 5 atom stereocenters. The van der Waals surface area contributed by atoms with Gasteiger partial charge in [0.25, 0.3) is 0 Å². The van der Waals surface area contributed by atoms with Crippen molar-refractivity contribution in [2.75, 3.05) is 13.7 Å². The zero-order chi connectivity index (χ0) is 23.7. The Morgan fingerprint density at radius 2 is 1.76 bits per heavy atom. The van der Waals surface area contributed by atoms with Crippen LogP contribution in [0.5, 0.6) is 0 Å². The van der Waals surface area contributed by atoms with E-state index in [1.165, 1.54) is 7.11 Å². The molecule has 33 heavy (non-hydrogen) atoms. The van der Waals surface area contributed by atoms with E-state index in [1.807, 2.05) is 61.5 Å². The normalized spacial score (nSPS) is 25.2. The zero-order valence-electron chi connectivity index (χ0n) is 18.5. The number of benzene rings is 1. The quantitative estimate of drug-likeness (QED) is 0.438. The van der Waals surface area contributed by atoms with Crippen LogP contribution in [0.1, 0.15) is 38.7 Å². The molecule has 4 N–H and O–H groups in total. The summed E-state index contributed by atoms with van der Waals surface area (Å²) in [5.74, 6) is -0.410. The smallest absolute Gasteiger partial charge is 0.338 e. The minimum atomic E-state index is -1.45. The molecule has 0 bridgehead atoms. The third-order valence-electron chi connectivity index (χ3n) is 6.32. The lowest BCUT2D eigenvalue weighted by atomic mass is 9.88. The number of methoxy groups -OCH3 is 1. The van der Waals surface area contributed by atoms with Crippen molar-refractivity contribution in [3.8, 4) is 11.1 Å². The summed E-state index contributed by atoms with van der Waals surface area (Å²) in [6.07, 6.45) is -5.68. The van der Waals surface area contributed by atoms with E-state index in [9.17, 15) is 25.2 Å². The van der Waals surface area contributed by atoms with Crippen molar-refractivity contribution in [2.24, 2.45) is 0 Å². The Kier molecular flexibility index (Phi) is 6.78. The molecular formula is C26H28O7. The molecular weight excluding hydrogens is 424 g/mol. The lowest BCUT2D eigenvalue weighted by Crippen LogP contribution is -2.55. The molecule has 1 heterocycles. The summed E-state index contributed by atoms with van der Waals surface area (Å²) in [5, 5.41) is 40.4. The predicted octanol–water partition coefficient (Wildman–Crippen LogP) is 1.99. The van der Waals surface area contributed by atoms with Crippen LogP contribution in [-0.2, 0) is 15.9 Å². The summed E-state index contributed by atoms with van der Waals surface area (Å²) in [6.45, 7) is 1.37. The Hall–Kier alpha value is -2.81. The molecule has 1 aromatic rings.